The molecule has 2 atom stereocenters. The van der Waals surface area contributed by atoms with E-state index in [9.17, 15) is 18.3 Å². The zero-order valence-electron chi connectivity index (χ0n) is 18.7. The molecule has 0 amide bonds. The highest BCUT2D eigenvalue weighted by Crippen LogP contribution is 2.35. The van der Waals surface area contributed by atoms with Crippen molar-refractivity contribution in [1.29, 1.82) is 0 Å². The van der Waals surface area contributed by atoms with E-state index in [2.05, 4.69) is 15.0 Å². The lowest BCUT2D eigenvalue weighted by Crippen LogP contribution is -2.46. The molecule has 1 N–H and O–H groups in total. The minimum atomic E-state index is -4.35. The lowest BCUT2D eigenvalue weighted by atomic mass is 10.0. The number of aliphatic hydroxyl groups is 1. The normalized spacial score (nSPS) is 21.2. The van der Waals surface area contributed by atoms with Crippen molar-refractivity contribution in [2.24, 2.45) is 9.98 Å². The van der Waals surface area contributed by atoms with E-state index in [1.165, 1.54) is 13.2 Å². The van der Waals surface area contributed by atoms with Crippen molar-refractivity contribution in [3.05, 3.63) is 50.8 Å². The molecule has 2 aromatic rings. The summed E-state index contributed by atoms with van der Waals surface area (Å²) in [5, 5.41) is 11.2. The van der Waals surface area contributed by atoms with Gasteiger partial charge in [0.25, 0.3) is 0 Å². The second-order valence-electron chi connectivity index (χ2n) is 7.88. The number of nitrogens with zero attached hydrogens (tertiary/aromatic N) is 5. The Morgan fingerprint density at radius 1 is 1.26 bits per heavy atom. The minimum Gasteiger partial charge on any atom is -0.480 e. The molecule has 12 heteroatoms. The van der Waals surface area contributed by atoms with E-state index in [4.69, 9.17) is 16.3 Å². The van der Waals surface area contributed by atoms with Gasteiger partial charge in [0.1, 0.15) is 21.9 Å². The van der Waals surface area contributed by atoms with E-state index in [-0.39, 0.29) is 25.1 Å². The molecule has 7 nitrogen and oxygen atoms in total. The Balaban J connectivity index is 1.47. The molecule has 0 radical (unpaired) electrons. The van der Waals surface area contributed by atoms with Crippen LogP contribution >= 0.6 is 22.9 Å². The Kier molecular flexibility index (Phi) is 6.88. The lowest BCUT2D eigenvalue weighted by molar-refractivity contribution is -0.134. The maximum Gasteiger partial charge on any atom is 0.425 e. The Morgan fingerprint density at radius 2 is 2.03 bits per heavy atom. The van der Waals surface area contributed by atoms with Crippen molar-refractivity contribution in [1.82, 2.24) is 14.8 Å². The van der Waals surface area contributed by atoms with Gasteiger partial charge < -0.3 is 19.6 Å². The zero-order valence-corrected chi connectivity index (χ0v) is 20.2. The van der Waals surface area contributed by atoms with Crippen molar-refractivity contribution < 1.29 is 23.0 Å². The van der Waals surface area contributed by atoms with E-state index in [0.717, 1.165) is 17.4 Å². The number of hydrogen-bond donors (Lipinski definition) is 1. The van der Waals surface area contributed by atoms with Crippen molar-refractivity contribution in [3.63, 3.8) is 0 Å². The molecule has 4 rings (SSSR count). The van der Waals surface area contributed by atoms with Gasteiger partial charge in [-0.3, -0.25) is 0 Å². The average molecular weight is 514 g/mol. The molecule has 0 aromatic carbocycles. The van der Waals surface area contributed by atoms with Gasteiger partial charge in [-0.05, 0) is 38.1 Å². The fourth-order valence-corrected chi connectivity index (χ4v) is 4.88. The summed E-state index contributed by atoms with van der Waals surface area (Å²) in [7, 11) is 1.48. The molecule has 0 bridgehead atoms. The van der Waals surface area contributed by atoms with E-state index < -0.39 is 17.2 Å². The maximum atomic E-state index is 12.9. The smallest absolute Gasteiger partial charge is 0.425 e. The number of aliphatic imine (C=N–C) groups is 2. The first-order chi connectivity index (χ1) is 16.1. The number of thiophene rings is 1. The van der Waals surface area contributed by atoms with Gasteiger partial charge in [0.05, 0.1) is 32.0 Å². The third-order valence-electron chi connectivity index (χ3n) is 5.57. The molecule has 2 aromatic heterocycles. The SMILES string of the molecule is COc1nc(C2=CCN(C3=NC(C)N(Cc4ccc(C(F)(F)F)s4)C(C)=N3)C[C@@H]2O)ccc1Cl. The molecule has 4 heterocycles. The number of methoxy groups -OCH3 is 1. The van der Waals surface area contributed by atoms with Crippen LogP contribution in [-0.4, -0.2) is 64.2 Å². The van der Waals surface area contributed by atoms with Crippen LogP contribution in [0.1, 0.15) is 29.3 Å². The van der Waals surface area contributed by atoms with E-state index in [1.807, 2.05) is 22.8 Å². The molecule has 0 fully saturated rings. The first-order valence-electron chi connectivity index (χ1n) is 10.5. The van der Waals surface area contributed by atoms with Crippen molar-refractivity contribution in [2.75, 3.05) is 20.2 Å². The number of hydrogen-bond acceptors (Lipinski definition) is 8. The van der Waals surface area contributed by atoms with Crippen molar-refractivity contribution >= 4 is 40.3 Å². The number of rotatable bonds is 4. The van der Waals surface area contributed by atoms with Crippen LogP contribution in [0.4, 0.5) is 13.2 Å². The van der Waals surface area contributed by atoms with Gasteiger partial charge in [-0.15, -0.1) is 11.3 Å². The van der Waals surface area contributed by atoms with Gasteiger partial charge in [0, 0.05) is 17.0 Å². The summed E-state index contributed by atoms with van der Waals surface area (Å²) in [6, 6.07) is 5.98. The van der Waals surface area contributed by atoms with Crippen molar-refractivity contribution in [2.45, 2.75) is 38.8 Å². The predicted octanol–water partition coefficient (Wildman–Crippen LogP) is 4.52. The molecule has 34 heavy (non-hydrogen) atoms. The second kappa shape index (κ2) is 9.55. The number of pyridine rings is 1. The second-order valence-corrected chi connectivity index (χ2v) is 9.45. The summed E-state index contributed by atoms with van der Waals surface area (Å²) >= 11 is 6.77. The molecule has 182 valence electrons. The molecule has 2 aliphatic rings. The molecule has 0 aliphatic carbocycles. The fourth-order valence-electron chi connectivity index (χ4n) is 3.82. The minimum absolute atomic E-state index is 0.265. The van der Waals surface area contributed by atoms with Gasteiger partial charge in [-0.2, -0.15) is 13.2 Å². The number of β-amino-alcohol motifs (C(OH)–C–C–N with tert-alkyl or cyclic N) is 1. The summed E-state index contributed by atoms with van der Waals surface area (Å²) in [5.74, 6) is 1.40. The summed E-state index contributed by atoms with van der Waals surface area (Å²) < 4.78 is 43.9. The first kappa shape index (κ1) is 24.5. The number of aromatic nitrogens is 1. The fraction of sp³-hybridized carbons (Fsp3) is 0.409. The standard InChI is InChI=1S/C22H23ClF3N5O2S/c1-12-27-21(28-13(2)31(12)10-14-4-7-19(34-14)22(24,25)26)30-9-8-15(18(32)11-30)17-6-5-16(23)20(29-17)33-3/h4-8,12,18,32H,9-11H2,1-3H3/t12?,18-/m0/s1. The molecular weight excluding hydrogens is 491 g/mol. The third kappa shape index (κ3) is 5.06. The number of guanidine groups is 1. The highest BCUT2D eigenvalue weighted by atomic mass is 35.5. The first-order valence-corrected chi connectivity index (χ1v) is 11.7. The summed E-state index contributed by atoms with van der Waals surface area (Å²) in [6.45, 7) is 4.67. The zero-order chi connectivity index (χ0) is 24.6. The highest BCUT2D eigenvalue weighted by molar-refractivity contribution is 7.12. The Bertz CT molecular complexity index is 1160. The number of aliphatic hydroxyl groups excluding tert-OH is 1. The van der Waals surface area contributed by atoms with Gasteiger partial charge in [0.15, 0.2) is 0 Å². The van der Waals surface area contributed by atoms with Crippen LogP contribution in [0, 0.1) is 0 Å². The van der Waals surface area contributed by atoms with Crippen LogP contribution in [-0.2, 0) is 12.7 Å². The van der Waals surface area contributed by atoms with Crippen LogP contribution in [0.3, 0.4) is 0 Å². The molecular formula is C22H23ClF3N5O2S. The third-order valence-corrected chi connectivity index (χ3v) is 6.97. The topological polar surface area (TPSA) is 73.5 Å². The van der Waals surface area contributed by atoms with Gasteiger partial charge >= 0.3 is 6.18 Å². The summed E-state index contributed by atoms with van der Waals surface area (Å²) in [6.07, 6.45) is -3.64. The van der Waals surface area contributed by atoms with Gasteiger partial charge in [-0.1, -0.05) is 17.7 Å². The van der Waals surface area contributed by atoms with Crippen molar-refractivity contribution in [3.8, 4) is 5.88 Å². The van der Waals surface area contributed by atoms with E-state index in [0.29, 0.717) is 39.5 Å². The molecule has 0 saturated heterocycles. The summed E-state index contributed by atoms with van der Waals surface area (Å²) in [4.78, 5) is 17.2. The van der Waals surface area contributed by atoms with Gasteiger partial charge in [0.2, 0.25) is 11.8 Å². The average Bonchev–Trinajstić information content (AvgIpc) is 3.26. The molecule has 1 unspecified atom stereocenters. The summed E-state index contributed by atoms with van der Waals surface area (Å²) in [5.41, 5.74) is 1.24. The highest BCUT2D eigenvalue weighted by Gasteiger charge is 2.33. The lowest BCUT2D eigenvalue weighted by Gasteiger charge is -2.36. The number of ether oxygens (including phenoxy) is 1. The molecule has 0 spiro atoms. The Morgan fingerprint density at radius 3 is 2.65 bits per heavy atom. The Labute approximate surface area is 203 Å². The number of alkyl halides is 3. The van der Waals surface area contributed by atoms with Crippen LogP contribution in [0.15, 0.2) is 40.3 Å². The quantitative estimate of drug-likeness (QED) is 0.651. The molecule has 2 aliphatic heterocycles. The van der Waals surface area contributed by atoms with Crippen LogP contribution in [0.2, 0.25) is 5.02 Å². The van der Waals surface area contributed by atoms with Crippen LogP contribution in [0.5, 0.6) is 5.88 Å². The number of halogens is 4. The van der Waals surface area contributed by atoms with Crippen LogP contribution in [0.25, 0.3) is 5.57 Å². The number of amidine groups is 1. The van der Waals surface area contributed by atoms with Crippen LogP contribution < -0.4 is 4.74 Å². The monoisotopic (exact) mass is 513 g/mol. The Hall–Kier alpha value is -2.63. The maximum absolute atomic E-state index is 12.9. The predicted molar refractivity (Wildman–Crippen MR) is 126 cm³/mol. The molecule has 0 saturated carbocycles. The van der Waals surface area contributed by atoms with Gasteiger partial charge in [-0.25, -0.2) is 15.0 Å². The largest absolute Gasteiger partial charge is 0.480 e. The van der Waals surface area contributed by atoms with E-state index in [1.54, 1.807) is 19.1 Å². The van der Waals surface area contributed by atoms with E-state index >= 15 is 0 Å².